The third-order valence-electron chi connectivity index (χ3n) is 8.06. The first-order chi connectivity index (χ1) is 20.9. The number of unbranched alkanes of at least 4 members (excludes halogenated alkanes) is 3. The van der Waals surface area contributed by atoms with Crippen LogP contribution in [0.25, 0.3) is 0 Å². The zero-order valence-corrected chi connectivity index (χ0v) is 27.7. The molecule has 13 nitrogen and oxygen atoms in total. The topological polar surface area (TPSA) is 161 Å². The molecule has 2 aliphatic rings. The number of rotatable bonds is 9. The van der Waals surface area contributed by atoms with Gasteiger partial charge in [-0.05, 0) is 25.7 Å². The molecule has 2 heterocycles. The van der Waals surface area contributed by atoms with Gasteiger partial charge in [0.1, 0.15) is 18.1 Å². The Bertz CT molecular complexity index is 942. The van der Waals surface area contributed by atoms with Crippen molar-refractivity contribution >= 4 is 29.5 Å². The summed E-state index contributed by atoms with van der Waals surface area (Å²) < 4.78 is 5.81. The average Bonchev–Trinajstić information content (AvgIpc) is 2.98. The van der Waals surface area contributed by atoms with Crippen molar-refractivity contribution in [3.63, 3.8) is 0 Å². The van der Waals surface area contributed by atoms with Crippen LogP contribution in [0, 0.1) is 11.8 Å². The summed E-state index contributed by atoms with van der Waals surface area (Å²) in [5.41, 5.74) is 0. The summed E-state index contributed by atoms with van der Waals surface area (Å²) >= 11 is 0. The quantitative estimate of drug-likeness (QED) is 0.224. The molecule has 0 spiro atoms. The van der Waals surface area contributed by atoms with Crippen LogP contribution in [0.5, 0.6) is 0 Å². The van der Waals surface area contributed by atoms with Crippen molar-refractivity contribution < 1.29 is 28.7 Å². The number of carbonyl (C=O) groups is 5. The Balaban J connectivity index is 2.31. The maximum atomic E-state index is 13.6. The number of piperazine rings is 1. The molecule has 44 heavy (non-hydrogen) atoms. The summed E-state index contributed by atoms with van der Waals surface area (Å²) in [5.74, 6) is -2.36. The van der Waals surface area contributed by atoms with Crippen molar-refractivity contribution in [2.24, 2.45) is 11.8 Å². The predicted octanol–water partition coefficient (Wildman–Crippen LogP) is -0.00810. The number of carbonyl (C=O) groups excluding carboxylic acids is 5. The van der Waals surface area contributed by atoms with Gasteiger partial charge in [0.25, 0.3) is 0 Å². The van der Waals surface area contributed by atoms with Crippen LogP contribution in [-0.4, -0.2) is 123 Å². The van der Waals surface area contributed by atoms with E-state index in [1.165, 1.54) is 4.90 Å². The van der Waals surface area contributed by atoms with Gasteiger partial charge < -0.3 is 36.2 Å². The second-order valence-corrected chi connectivity index (χ2v) is 12.7. The SMILES string of the molecule is CCCCCCC1NC(=O)CNC(=O)C(CC(C)C)N(C)C(=O)C(C)COCC(C)NC(=O)C(CN2CCNCC2)NC1=O. The van der Waals surface area contributed by atoms with E-state index in [2.05, 4.69) is 38.4 Å². The molecule has 0 aromatic rings. The Morgan fingerprint density at radius 2 is 1.55 bits per heavy atom. The first kappa shape index (κ1) is 37.4. The van der Waals surface area contributed by atoms with Crippen LogP contribution in [0.1, 0.15) is 73.1 Å². The van der Waals surface area contributed by atoms with E-state index in [1.807, 2.05) is 20.8 Å². The van der Waals surface area contributed by atoms with Gasteiger partial charge in [0, 0.05) is 45.8 Å². The van der Waals surface area contributed by atoms with Crippen molar-refractivity contribution in [1.29, 1.82) is 0 Å². The van der Waals surface area contributed by atoms with Gasteiger partial charge in [-0.15, -0.1) is 0 Å². The molecule has 0 aromatic heterocycles. The van der Waals surface area contributed by atoms with E-state index in [0.29, 0.717) is 19.4 Å². The van der Waals surface area contributed by atoms with Crippen LogP contribution in [0.15, 0.2) is 0 Å². The average molecular weight is 624 g/mol. The first-order valence-corrected chi connectivity index (χ1v) is 16.4. The normalized spacial score (nSPS) is 27.9. The molecule has 2 rings (SSSR count). The molecule has 2 saturated heterocycles. The van der Waals surface area contributed by atoms with E-state index >= 15 is 0 Å². The number of ether oxygens (including phenoxy) is 1. The second-order valence-electron chi connectivity index (χ2n) is 12.7. The largest absolute Gasteiger partial charge is 0.379 e. The van der Waals surface area contributed by atoms with Gasteiger partial charge in [0.05, 0.1) is 25.7 Å². The lowest BCUT2D eigenvalue weighted by Gasteiger charge is -2.32. The fourth-order valence-electron chi connectivity index (χ4n) is 5.46. The summed E-state index contributed by atoms with van der Waals surface area (Å²) in [5, 5.41) is 14.6. The van der Waals surface area contributed by atoms with Gasteiger partial charge in [-0.1, -0.05) is 53.4 Å². The Morgan fingerprint density at radius 1 is 0.864 bits per heavy atom. The van der Waals surface area contributed by atoms with E-state index in [9.17, 15) is 24.0 Å². The first-order valence-electron chi connectivity index (χ1n) is 16.4. The van der Waals surface area contributed by atoms with Crippen LogP contribution < -0.4 is 26.6 Å². The highest BCUT2D eigenvalue weighted by Crippen LogP contribution is 2.14. The minimum Gasteiger partial charge on any atom is -0.379 e. The Hall–Kier alpha value is -2.77. The third kappa shape index (κ3) is 13.1. The van der Waals surface area contributed by atoms with Gasteiger partial charge in [-0.3, -0.25) is 28.9 Å². The van der Waals surface area contributed by atoms with E-state index < -0.39 is 41.8 Å². The minimum atomic E-state index is -0.867. The molecule has 5 atom stereocenters. The fraction of sp³-hybridized carbons (Fsp3) is 0.839. The predicted molar refractivity (Wildman–Crippen MR) is 169 cm³/mol. The highest BCUT2D eigenvalue weighted by Gasteiger charge is 2.32. The van der Waals surface area contributed by atoms with Crippen LogP contribution in [0.3, 0.4) is 0 Å². The smallest absolute Gasteiger partial charge is 0.244 e. The number of likely N-dealkylation sites (N-methyl/N-ethyl adjacent to an activating group) is 1. The summed E-state index contributed by atoms with van der Waals surface area (Å²) in [7, 11) is 1.59. The van der Waals surface area contributed by atoms with E-state index in [-0.39, 0.29) is 43.5 Å². The molecule has 252 valence electrons. The molecule has 5 amide bonds. The monoisotopic (exact) mass is 623 g/mol. The fourth-order valence-corrected chi connectivity index (χ4v) is 5.46. The van der Waals surface area contributed by atoms with E-state index in [0.717, 1.165) is 51.9 Å². The zero-order chi connectivity index (χ0) is 32.6. The van der Waals surface area contributed by atoms with Crippen molar-refractivity contribution in [2.75, 3.05) is 59.5 Å². The lowest BCUT2D eigenvalue weighted by Crippen LogP contribution is -2.60. The molecule has 13 heteroatoms. The van der Waals surface area contributed by atoms with Gasteiger partial charge >= 0.3 is 0 Å². The molecule has 5 unspecified atom stereocenters. The number of hydrogen-bond acceptors (Lipinski definition) is 8. The number of nitrogens with zero attached hydrogens (tertiary/aromatic N) is 2. The molecule has 0 radical (unpaired) electrons. The standard InChI is InChI=1S/C31H57N7O6/c1-7-8-9-10-11-24-28(40)36-25(18-38-14-12-32-13-15-38)29(41)34-23(5)20-44-19-22(4)31(43)37(6)26(16-21(2)3)30(42)33-17-27(39)35-24/h21-26,32H,7-20H2,1-6H3,(H,33,42)(H,34,41)(H,35,39)(H,36,40). The molecule has 0 aliphatic carbocycles. The van der Waals surface area contributed by atoms with Crippen molar-refractivity contribution in [3.8, 4) is 0 Å². The molecule has 5 N–H and O–H groups in total. The third-order valence-corrected chi connectivity index (χ3v) is 8.06. The van der Waals surface area contributed by atoms with Crippen LogP contribution in [0.4, 0.5) is 0 Å². The second kappa shape index (κ2) is 19.6. The lowest BCUT2D eigenvalue weighted by molar-refractivity contribution is -0.144. The van der Waals surface area contributed by atoms with Crippen LogP contribution in [-0.2, 0) is 28.7 Å². The molecule has 0 bridgehead atoms. The summed E-state index contributed by atoms with van der Waals surface area (Å²) in [6.45, 7) is 12.9. The summed E-state index contributed by atoms with van der Waals surface area (Å²) in [6, 6.07) is -2.85. The Morgan fingerprint density at radius 3 is 2.20 bits per heavy atom. The highest BCUT2D eigenvalue weighted by atomic mass is 16.5. The Kier molecular flexibility index (Phi) is 16.7. The Labute approximate surface area is 263 Å². The molecular formula is C31H57N7O6. The number of nitrogens with one attached hydrogen (secondary N) is 5. The van der Waals surface area contributed by atoms with Gasteiger partial charge in [0.15, 0.2) is 0 Å². The lowest BCUT2D eigenvalue weighted by atomic mass is 10.0. The summed E-state index contributed by atoms with van der Waals surface area (Å²) in [6.07, 6.45) is 4.49. The summed E-state index contributed by atoms with van der Waals surface area (Å²) in [4.78, 5) is 70.1. The van der Waals surface area contributed by atoms with Crippen LogP contribution >= 0.6 is 0 Å². The van der Waals surface area contributed by atoms with Crippen LogP contribution in [0.2, 0.25) is 0 Å². The van der Waals surface area contributed by atoms with E-state index in [4.69, 9.17) is 4.74 Å². The van der Waals surface area contributed by atoms with Crippen molar-refractivity contribution in [2.45, 2.75) is 97.3 Å². The van der Waals surface area contributed by atoms with Gasteiger partial charge in [-0.2, -0.15) is 0 Å². The zero-order valence-electron chi connectivity index (χ0n) is 27.7. The van der Waals surface area contributed by atoms with Gasteiger partial charge in [-0.25, -0.2) is 0 Å². The molecule has 2 fully saturated rings. The molecule has 2 aliphatic heterocycles. The maximum absolute atomic E-state index is 13.6. The van der Waals surface area contributed by atoms with Gasteiger partial charge in [0.2, 0.25) is 29.5 Å². The number of amides is 5. The van der Waals surface area contributed by atoms with Crippen molar-refractivity contribution in [3.05, 3.63) is 0 Å². The number of hydrogen-bond donors (Lipinski definition) is 5. The molecule has 0 saturated carbocycles. The van der Waals surface area contributed by atoms with E-state index in [1.54, 1.807) is 14.0 Å². The molecule has 0 aromatic carbocycles. The van der Waals surface area contributed by atoms with Crippen molar-refractivity contribution in [1.82, 2.24) is 36.4 Å². The maximum Gasteiger partial charge on any atom is 0.244 e. The minimum absolute atomic E-state index is 0.114. The highest BCUT2D eigenvalue weighted by molar-refractivity contribution is 5.94. The molecular weight excluding hydrogens is 566 g/mol.